The lowest BCUT2D eigenvalue weighted by molar-refractivity contribution is -0.168. The van der Waals surface area contributed by atoms with Crippen LogP contribution in [0.2, 0.25) is 0 Å². The van der Waals surface area contributed by atoms with E-state index in [1.165, 1.54) is 7.11 Å². The fourth-order valence-electron chi connectivity index (χ4n) is 1.01. The van der Waals surface area contributed by atoms with Crippen LogP contribution >= 0.6 is 12.3 Å². The fraction of sp³-hybridized carbons (Fsp3) is 1.00. The van der Waals surface area contributed by atoms with Gasteiger partial charge in [-0.3, -0.25) is 8.37 Å². The average molecular weight is 260 g/mol. The van der Waals surface area contributed by atoms with E-state index in [2.05, 4.69) is 9.22 Å². The van der Waals surface area contributed by atoms with Crippen LogP contribution < -0.4 is 0 Å². The van der Waals surface area contributed by atoms with E-state index in [1.54, 1.807) is 0 Å². The molecule has 9 heteroatoms. The van der Waals surface area contributed by atoms with Gasteiger partial charge in [0.15, 0.2) is 12.3 Å². The molecule has 0 spiro atoms. The SMILES string of the molecule is COOSOC1COCC1OS(C)(=O)=O. The minimum absolute atomic E-state index is 0.172. The molecule has 7 nitrogen and oxygen atoms in total. The molecule has 0 aromatic rings. The summed E-state index contributed by atoms with van der Waals surface area (Å²) in [5.41, 5.74) is 0. The van der Waals surface area contributed by atoms with Crippen molar-refractivity contribution in [3.8, 4) is 0 Å². The third kappa shape index (κ3) is 5.11. The molecule has 1 rings (SSSR count). The van der Waals surface area contributed by atoms with Gasteiger partial charge in [-0.2, -0.15) is 8.42 Å². The monoisotopic (exact) mass is 260 g/mol. The first-order valence-electron chi connectivity index (χ1n) is 4.02. The van der Waals surface area contributed by atoms with E-state index in [4.69, 9.17) is 13.1 Å². The summed E-state index contributed by atoms with van der Waals surface area (Å²) < 4.78 is 41.0. The Balaban J connectivity index is 2.36. The molecular formula is C6H12O7S2. The second-order valence-electron chi connectivity index (χ2n) is 2.81. The molecule has 0 N–H and O–H groups in total. The molecule has 90 valence electrons. The number of hydrogen-bond acceptors (Lipinski definition) is 8. The lowest BCUT2D eigenvalue weighted by Crippen LogP contribution is -2.30. The molecule has 2 atom stereocenters. The van der Waals surface area contributed by atoms with E-state index >= 15 is 0 Å². The summed E-state index contributed by atoms with van der Waals surface area (Å²) in [5.74, 6) is 0. The van der Waals surface area contributed by atoms with Crippen molar-refractivity contribution in [1.29, 1.82) is 0 Å². The van der Waals surface area contributed by atoms with Crippen molar-refractivity contribution in [3.63, 3.8) is 0 Å². The molecule has 1 aliphatic rings. The Hall–Kier alpha value is 0.1000. The first kappa shape index (κ1) is 13.2. The first-order chi connectivity index (χ1) is 7.03. The molecule has 2 unspecified atom stereocenters. The van der Waals surface area contributed by atoms with Crippen LogP contribution in [0, 0.1) is 0 Å². The third-order valence-electron chi connectivity index (χ3n) is 1.54. The predicted octanol–water partition coefficient (Wildman–Crippen LogP) is -0.112. The zero-order valence-electron chi connectivity index (χ0n) is 8.24. The summed E-state index contributed by atoms with van der Waals surface area (Å²) >= 11 is 0.603. The van der Waals surface area contributed by atoms with Crippen LogP contribution in [-0.4, -0.2) is 47.2 Å². The van der Waals surface area contributed by atoms with Crippen molar-refractivity contribution in [2.24, 2.45) is 0 Å². The van der Waals surface area contributed by atoms with Crippen molar-refractivity contribution in [2.75, 3.05) is 26.6 Å². The molecule has 15 heavy (non-hydrogen) atoms. The van der Waals surface area contributed by atoms with Crippen molar-refractivity contribution >= 4 is 22.4 Å². The quantitative estimate of drug-likeness (QED) is 0.215. The minimum atomic E-state index is -3.51. The van der Waals surface area contributed by atoms with E-state index in [0.717, 1.165) is 6.26 Å². The molecule has 0 aliphatic carbocycles. The largest absolute Gasteiger partial charge is 0.376 e. The van der Waals surface area contributed by atoms with Crippen molar-refractivity contribution in [1.82, 2.24) is 0 Å². The maximum absolute atomic E-state index is 10.9. The summed E-state index contributed by atoms with van der Waals surface area (Å²) in [6.07, 6.45) is -0.172. The van der Waals surface area contributed by atoms with E-state index < -0.39 is 22.3 Å². The standard InChI is InChI=1S/C6H12O7S2/c1-9-13-14-11-5-3-10-4-6(5)12-15(2,7)8/h5-6H,3-4H2,1-2H3. The summed E-state index contributed by atoms with van der Waals surface area (Å²) in [6.45, 7) is 0.422. The van der Waals surface area contributed by atoms with Gasteiger partial charge in [0.05, 0.1) is 26.6 Å². The van der Waals surface area contributed by atoms with Crippen molar-refractivity contribution in [3.05, 3.63) is 0 Å². The first-order valence-corrected chi connectivity index (χ1v) is 6.50. The topological polar surface area (TPSA) is 80.3 Å². The Morgan fingerprint density at radius 3 is 2.60 bits per heavy atom. The zero-order chi connectivity index (χ0) is 11.3. The fourth-order valence-corrected chi connectivity index (χ4v) is 2.01. The molecule has 1 fully saturated rings. The maximum Gasteiger partial charge on any atom is 0.264 e. The molecule has 1 saturated heterocycles. The second kappa shape index (κ2) is 5.99. The molecule has 0 bridgehead atoms. The van der Waals surface area contributed by atoms with Gasteiger partial charge in [-0.15, -0.1) is 4.33 Å². The Kier molecular flexibility index (Phi) is 5.26. The highest BCUT2D eigenvalue weighted by Crippen LogP contribution is 2.20. The van der Waals surface area contributed by atoms with Crippen LogP contribution in [-0.2, 0) is 32.4 Å². The number of ether oxygens (including phenoxy) is 1. The van der Waals surface area contributed by atoms with Crippen LogP contribution in [0.15, 0.2) is 0 Å². The molecular weight excluding hydrogens is 248 g/mol. The third-order valence-corrected chi connectivity index (χ3v) is 2.65. The van der Waals surface area contributed by atoms with Gasteiger partial charge < -0.3 is 4.74 Å². The molecule has 1 aliphatic heterocycles. The highest BCUT2D eigenvalue weighted by Gasteiger charge is 2.33. The molecule has 0 amide bonds. The molecule has 0 radical (unpaired) electrons. The van der Waals surface area contributed by atoms with E-state index in [-0.39, 0.29) is 13.2 Å². The lowest BCUT2D eigenvalue weighted by Gasteiger charge is -2.14. The molecule has 0 saturated carbocycles. The highest BCUT2D eigenvalue weighted by atomic mass is 32.2. The van der Waals surface area contributed by atoms with E-state index in [9.17, 15) is 8.42 Å². The van der Waals surface area contributed by atoms with E-state index in [1.807, 2.05) is 0 Å². The Labute approximate surface area is 92.4 Å². The maximum atomic E-state index is 10.9. The predicted molar refractivity (Wildman–Crippen MR) is 51.1 cm³/mol. The van der Waals surface area contributed by atoms with Gasteiger partial charge in [-0.25, -0.2) is 4.89 Å². The molecule has 0 aromatic heterocycles. The van der Waals surface area contributed by atoms with Crippen LogP contribution in [0.5, 0.6) is 0 Å². The Morgan fingerprint density at radius 2 is 2.00 bits per heavy atom. The number of rotatable bonds is 6. The summed E-state index contributed by atoms with van der Waals surface area (Å²) in [7, 11) is -2.19. The van der Waals surface area contributed by atoms with Crippen molar-refractivity contribution in [2.45, 2.75) is 12.2 Å². The zero-order valence-corrected chi connectivity index (χ0v) is 9.88. The Morgan fingerprint density at radius 1 is 1.33 bits per heavy atom. The van der Waals surface area contributed by atoms with Gasteiger partial charge in [0.1, 0.15) is 12.2 Å². The summed E-state index contributed by atoms with van der Waals surface area (Å²) in [5, 5.41) is 0. The van der Waals surface area contributed by atoms with Gasteiger partial charge >= 0.3 is 0 Å². The van der Waals surface area contributed by atoms with E-state index in [0.29, 0.717) is 12.3 Å². The summed E-state index contributed by atoms with van der Waals surface area (Å²) in [6, 6.07) is 0. The van der Waals surface area contributed by atoms with Gasteiger partial charge in [0.25, 0.3) is 10.1 Å². The summed E-state index contributed by atoms with van der Waals surface area (Å²) in [4.78, 5) is 4.28. The normalized spacial score (nSPS) is 27.1. The van der Waals surface area contributed by atoms with Gasteiger partial charge in [0.2, 0.25) is 0 Å². The lowest BCUT2D eigenvalue weighted by atomic mass is 10.3. The van der Waals surface area contributed by atoms with Gasteiger partial charge in [-0.05, 0) is 0 Å². The molecule has 1 heterocycles. The Bertz CT molecular complexity index is 277. The van der Waals surface area contributed by atoms with Crippen molar-refractivity contribution < 1.29 is 30.7 Å². The van der Waals surface area contributed by atoms with Crippen LogP contribution in [0.25, 0.3) is 0 Å². The smallest absolute Gasteiger partial charge is 0.264 e. The number of hydrogen-bond donors (Lipinski definition) is 0. The van der Waals surface area contributed by atoms with Crippen LogP contribution in [0.4, 0.5) is 0 Å². The van der Waals surface area contributed by atoms with Gasteiger partial charge in [-0.1, -0.05) is 0 Å². The van der Waals surface area contributed by atoms with Crippen LogP contribution in [0.1, 0.15) is 0 Å². The minimum Gasteiger partial charge on any atom is -0.376 e. The highest BCUT2D eigenvalue weighted by molar-refractivity contribution is 7.89. The molecule has 0 aromatic carbocycles. The van der Waals surface area contributed by atoms with Crippen LogP contribution in [0.3, 0.4) is 0 Å². The second-order valence-corrected chi connectivity index (χ2v) is 4.88. The average Bonchev–Trinajstić information content (AvgIpc) is 2.50. The van der Waals surface area contributed by atoms with Gasteiger partial charge in [0, 0.05) is 0 Å².